The molecule has 0 aromatic rings. The van der Waals surface area contributed by atoms with Gasteiger partial charge < -0.3 is 19.9 Å². The Bertz CT molecular complexity index is 151. The van der Waals surface area contributed by atoms with Crippen LogP contribution in [0.4, 0.5) is 0 Å². The van der Waals surface area contributed by atoms with Gasteiger partial charge in [0.1, 0.15) is 0 Å². The molecular formula is C12H27NO3. The molecule has 16 heavy (non-hydrogen) atoms. The third-order valence-corrected chi connectivity index (χ3v) is 2.05. The number of hydrogen-bond acceptors (Lipinski definition) is 4. The van der Waals surface area contributed by atoms with E-state index in [4.69, 9.17) is 14.6 Å². The molecule has 0 bridgehead atoms. The summed E-state index contributed by atoms with van der Waals surface area (Å²) >= 11 is 0. The minimum absolute atomic E-state index is 0.102. The Morgan fingerprint density at radius 2 is 1.94 bits per heavy atom. The van der Waals surface area contributed by atoms with E-state index in [9.17, 15) is 0 Å². The van der Waals surface area contributed by atoms with E-state index in [1.165, 1.54) is 0 Å². The number of ether oxygens (including phenoxy) is 2. The van der Waals surface area contributed by atoms with Gasteiger partial charge in [-0.2, -0.15) is 0 Å². The van der Waals surface area contributed by atoms with Crippen molar-refractivity contribution in [2.45, 2.75) is 45.8 Å². The maximum atomic E-state index is 8.85. The zero-order valence-corrected chi connectivity index (χ0v) is 11.1. The molecule has 2 N–H and O–H groups in total. The minimum Gasteiger partial charge on any atom is -0.396 e. The van der Waals surface area contributed by atoms with Crippen molar-refractivity contribution in [1.29, 1.82) is 0 Å². The quantitative estimate of drug-likeness (QED) is 0.587. The molecule has 4 nitrogen and oxygen atoms in total. The van der Waals surface area contributed by atoms with Crippen molar-refractivity contribution in [1.82, 2.24) is 5.32 Å². The molecule has 0 saturated heterocycles. The maximum Gasteiger partial charge on any atom is 0.0707 e. The lowest BCUT2D eigenvalue weighted by Crippen LogP contribution is -2.34. The van der Waals surface area contributed by atoms with Gasteiger partial charge in [0.2, 0.25) is 0 Å². The smallest absolute Gasteiger partial charge is 0.0707 e. The van der Waals surface area contributed by atoms with E-state index in [1.807, 2.05) is 27.7 Å². The number of aliphatic hydroxyl groups excluding tert-OH is 1. The molecule has 0 aliphatic heterocycles. The second-order valence-corrected chi connectivity index (χ2v) is 4.80. The number of nitrogens with one attached hydrogen (secondary N) is 1. The molecule has 0 rings (SSSR count). The van der Waals surface area contributed by atoms with Gasteiger partial charge in [0, 0.05) is 12.6 Å². The monoisotopic (exact) mass is 233 g/mol. The standard InChI is InChI=1S/C12H27NO3/c1-5-13-11(6-7-14)10-15-8-9-16-12(2,3)4/h11,13-14H,5-10H2,1-4H3. The Morgan fingerprint density at radius 3 is 2.44 bits per heavy atom. The average molecular weight is 233 g/mol. The molecule has 0 fully saturated rings. The lowest BCUT2D eigenvalue weighted by molar-refractivity contribution is -0.0378. The van der Waals surface area contributed by atoms with Crippen LogP contribution in [0, 0.1) is 0 Å². The first-order chi connectivity index (χ1) is 7.49. The topological polar surface area (TPSA) is 50.7 Å². The molecule has 0 heterocycles. The summed E-state index contributed by atoms with van der Waals surface area (Å²) in [5.41, 5.74) is -0.102. The third kappa shape index (κ3) is 10.4. The molecular weight excluding hydrogens is 206 g/mol. The summed E-state index contributed by atoms with van der Waals surface area (Å²) in [6, 6.07) is 0.240. The first-order valence-corrected chi connectivity index (χ1v) is 6.05. The van der Waals surface area contributed by atoms with Crippen LogP contribution in [0.2, 0.25) is 0 Å². The van der Waals surface area contributed by atoms with E-state index in [2.05, 4.69) is 5.32 Å². The molecule has 98 valence electrons. The van der Waals surface area contributed by atoms with Crippen LogP contribution >= 0.6 is 0 Å². The second kappa shape index (κ2) is 8.93. The SMILES string of the molecule is CCNC(CCO)COCCOC(C)(C)C. The summed E-state index contributed by atoms with van der Waals surface area (Å²) < 4.78 is 11.0. The van der Waals surface area contributed by atoms with Gasteiger partial charge >= 0.3 is 0 Å². The molecule has 0 aromatic heterocycles. The predicted molar refractivity (Wildman–Crippen MR) is 65.7 cm³/mol. The first-order valence-electron chi connectivity index (χ1n) is 6.05. The highest BCUT2D eigenvalue weighted by atomic mass is 16.5. The lowest BCUT2D eigenvalue weighted by Gasteiger charge is -2.20. The zero-order chi connectivity index (χ0) is 12.4. The number of rotatable bonds is 9. The molecule has 0 aliphatic carbocycles. The van der Waals surface area contributed by atoms with E-state index < -0.39 is 0 Å². The molecule has 0 radical (unpaired) electrons. The maximum absolute atomic E-state index is 8.85. The molecule has 0 saturated carbocycles. The van der Waals surface area contributed by atoms with E-state index in [0.29, 0.717) is 19.8 Å². The molecule has 0 aliphatic rings. The minimum atomic E-state index is -0.102. The van der Waals surface area contributed by atoms with Crippen LogP contribution < -0.4 is 5.32 Å². The Balaban J connectivity index is 3.46. The van der Waals surface area contributed by atoms with Gasteiger partial charge in [0.05, 0.1) is 25.4 Å². The van der Waals surface area contributed by atoms with Crippen LogP contribution in [0.3, 0.4) is 0 Å². The van der Waals surface area contributed by atoms with Crippen LogP contribution in [0.25, 0.3) is 0 Å². The van der Waals surface area contributed by atoms with Gasteiger partial charge in [-0.05, 0) is 33.7 Å². The molecule has 0 aromatic carbocycles. The fourth-order valence-electron chi connectivity index (χ4n) is 1.32. The van der Waals surface area contributed by atoms with E-state index >= 15 is 0 Å². The van der Waals surface area contributed by atoms with Gasteiger partial charge in [-0.3, -0.25) is 0 Å². The van der Waals surface area contributed by atoms with Gasteiger partial charge in [-0.25, -0.2) is 0 Å². The van der Waals surface area contributed by atoms with Crippen LogP contribution in [0.15, 0.2) is 0 Å². The van der Waals surface area contributed by atoms with Crippen LogP contribution in [-0.4, -0.2) is 49.7 Å². The fourth-order valence-corrected chi connectivity index (χ4v) is 1.32. The highest BCUT2D eigenvalue weighted by molar-refractivity contribution is 4.64. The van der Waals surface area contributed by atoms with E-state index in [-0.39, 0.29) is 18.2 Å². The van der Waals surface area contributed by atoms with Crippen molar-refractivity contribution in [2.75, 3.05) is 33.0 Å². The largest absolute Gasteiger partial charge is 0.396 e. The van der Waals surface area contributed by atoms with Crippen LogP contribution in [0.1, 0.15) is 34.1 Å². The molecule has 1 atom stereocenters. The Kier molecular flexibility index (Phi) is 8.84. The van der Waals surface area contributed by atoms with Crippen LogP contribution in [-0.2, 0) is 9.47 Å². The lowest BCUT2D eigenvalue weighted by atomic mass is 10.2. The summed E-state index contributed by atoms with van der Waals surface area (Å²) in [6.45, 7) is 11.1. The predicted octanol–water partition coefficient (Wildman–Crippen LogP) is 1.18. The Morgan fingerprint density at radius 1 is 1.25 bits per heavy atom. The second-order valence-electron chi connectivity index (χ2n) is 4.80. The third-order valence-electron chi connectivity index (χ3n) is 2.05. The van der Waals surface area contributed by atoms with Gasteiger partial charge in [0.25, 0.3) is 0 Å². The van der Waals surface area contributed by atoms with Crippen molar-refractivity contribution >= 4 is 0 Å². The molecule has 4 heteroatoms. The first kappa shape index (κ1) is 15.8. The van der Waals surface area contributed by atoms with E-state index in [0.717, 1.165) is 13.0 Å². The molecule has 0 spiro atoms. The summed E-state index contributed by atoms with van der Waals surface area (Å²) in [4.78, 5) is 0. The fraction of sp³-hybridized carbons (Fsp3) is 1.00. The van der Waals surface area contributed by atoms with Crippen molar-refractivity contribution < 1.29 is 14.6 Å². The summed E-state index contributed by atoms with van der Waals surface area (Å²) in [6.07, 6.45) is 0.730. The number of aliphatic hydroxyl groups is 1. The number of likely N-dealkylation sites (N-methyl/N-ethyl adjacent to an activating group) is 1. The van der Waals surface area contributed by atoms with Crippen molar-refractivity contribution in [3.63, 3.8) is 0 Å². The highest BCUT2D eigenvalue weighted by Crippen LogP contribution is 2.05. The van der Waals surface area contributed by atoms with E-state index in [1.54, 1.807) is 0 Å². The van der Waals surface area contributed by atoms with Crippen molar-refractivity contribution in [3.8, 4) is 0 Å². The molecule has 0 amide bonds. The normalized spacial score (nSPS) is 14.1. The van der Waals surface area contributed by atoms with Crippen molar-refractivity contribution in [2.24, 2.45) is 0 Å². The Hall–Kier alpha value is -0.160. The number of hydrogen-bond donors (Lipinski definition) is 2. The van der Waals surface area contributed by atoms with Gasteiger partial charge in [-0.15, -0.1) is 0 Å². The highest BCUT2D eigenvalue weighted by Gasteiger charge is 2.10. The van der Waals surface area contributed by atoms with Crippen molar-refractivity contribution in [3.05, 3.63) is 0 Å². The average Bonchev–Trinajstić information content (AvgIpc) is 2.16. The summed E-state index contributed by atoms with van der Waals surface area (Å²) in [7, 11) is 0. The van der Waals surface area contributed by atoms with Gasteiger partial charge in [-0.1, -0.05) is 6.92 Å². The Labute approximate surface area is 99.3 Å². The molecule has 1 unspecified atom stereocenters. The van der Waals surface area contributed by atoms with Gasteiger partial charge in [0.15, 0.2) is 0 Å². The summed E-state index contributed by atoms with van der Waals surface area (Å²) in [5.74, 6) is 0. The van der Waals surface area contributed by atoms with Crippen LogP contribution in [0.5, 0.6) is 0 Å². The zero-order valence-electron chi connectivity index (χ0n) is 11.1. The summed E-state index contributed by atoms with van der Waals surface area (Å²) in [5, 5.41) is 12.1.